The molecule has 0 aromatic heterocycles. The fraction of sp³-hybridized carbons (Fsp3) is 0.938. The zero-order valence-electron chi connectivity index (χ0n) is 12.6. The molecule has 2 saturated carbocycles. The quantitative estimate of drug-likeness (QED) is 0.853. The lowest BCUT2D eigenvalue weighted by Crippen LogP contribution is -2.43. The van der Waals surface area contributed by atoms with Gasteiger partial charge in [-0.3, -0.25) is 4.79 Å². The number of hydrogen-bond acceptors (Lipinski definition) is 2. The molecule has 4 atom stereocenters. The highest BCUT2D eigenvalue weighted by atomic mass is 16.2. The maximum atomic E-state index is 12.4. The van der Waals surface area contributed by atoms with Crippen LogP contribution in [0.25, 0.3) is 0 Å². The Balaban J connectivity index is 1.84. The molecule has 2 aliphatic rings. The Labute approximate surface area is 117 Å². The molecule has 0 bridgehead atoms. The molecular weight excluding hydrogens is 236 g/mol. The molecule has 0 spiro atoms. The van der Waals surface area contributed by atoms with Crippen molar-refractivity contribution in [1.29, 1.82) is 0 Å². The van der Waals surface area contributed by atoms with Crippen molar-refractivity contribution in [1.82, 2.24) is 4.90 Å². The second-order valence-corrected chi connectivity index (χ2v) is 6.83. The second kappa shape index (κ2) is 6.74. The van der Waals surface area contributed by atoms with Gasteiger partial charge in [0.15, 0.2) is 0 Å². The van der Waals surface area contributed by atoms with Gasteiger partial charge in [0, 0.05) is 25.6 Å². The fourth-order valence-corrected chi connectivity index (χ4v) is 3.97. The molecule has 2 aliphatic carbocycles. The van der Waals surface area contributed by atoms with Crippen LogP contribution in [0.1, 0.15) is 64.7 Å². The molecule has 2 N–H and O–H groups in total. The van der Waals surface area contributed by atoms with Gasteiger partial charge in [-0.2, -0.15) is 0 Å². The summed E-state index contributed by atoms with van der Waals surface area (Å²) in [7, 11) is 2.01. The summed E-state index contributed by atoms with van der Waals surface area (Å²) in [5.41, 5.74) is 6.02. The SMILES string of the molecule is CC1CCCCC1N(C)C(=O)CC1CCCC(N)C1. The van der Waals surface area contributed by atoms with Crippen molar-refractivity contribution in [2.24, 2.45) is 17.6 Å². The molecule has 1 amide bonds. The minimum Gasteiger partial charge on any atom is -0.343 e. The average Bonchev–Trinajstić information content (AvgIpc) is 2.38. The van der Waals surface area contributed by atoms with Crippen molar-refractivity contribution in [2.75, 3.05) is 7.05 Å². The van der Waals surface area contributed by atoms with Crippen molar-refractivity contribution in [2.45, 2.75) is 76.8 Å². The molecule has 3 nitrogen and oxygen atoms in total. The molecular formula is C16H30N2O. The molecule has 2 rings (SSSR count). The molecule has 0 aliphatic heterocycles. The van der Waals surface area contributed by atoms with Crippen molar-refractivity contribution in [3.05, 3.63) is 0 Å². The summed E-state index contributed by atoms with van der Waals surface area (Å²) < 4.78 is 0. The van der Waals surface area contributed by atoms with Gasteiger partial charge in [-0.15, -0.1) is 0 Å². The summed E-state index contributed by atoms with van der Waals surface area (Å²) in [6.45, 7) is 2.30. The Bertz CT molecular complexity index is 305. The van der Waals surface area contributed by atoms with Crippen LogP contribution in [0.5, 0.6) is 0 Å². The number of nitrogens with two attached hydrogens (primary N) is 1. The Morgan fingerprint density at radius 3 is 2.58 bits per heavy atom. The number of amides is 1. The summed E-state index contributed by atoms with van der Waals surface area (Å²) in [6, 6.07) is 0.795. The van der Waals surface area contributed by atoms with Crippen LogP contribution in [-0.2, 0) is 4.79 Å². The molecule has 3 heteroatoms. The highest BCUT2D eigenvalue weighted by Crippen LogP contribution is 2.30. The molecule has 19 heavy (non-hydrogen) atoms. The summed E-state index contributed by atoms with van der Waals surface area (Å²) >= 11 is 0. The Morgan fingerprint density at radius 1 is 1.16 bits per heavy atom. The standard InChI is InChI=1S/C16H30N2O/c1-12-6-3-4-9-15(12)18(2)16(19)11-13-7-5-8-14(17)10-13/h12-15H,3-11,17H2,1-2H3. The van der Waals surface area contributed by atoms with Crippen molar-refractivity contribution >= 4 is 5.91 Å². The zero-order chi connectivity index (χ0) is 13.8. The van der Waals surface area contributed by atoms with E-state index in [0.717, 1.165) is 12.8 Å². The zero-order valence-corrected chi connectivity index (χ0v) is 12.6. The first-order chi connectivity index (χ1) is 9.08. The lowest BCUT2D eigenvalue weighted by Gasteiger charge is -2.37. The van der Waals surface area contributed by atoms with E-state index in [1.54, 1.807) is 0 Å². The molecule has 110 valence electrons. The summed E-state index contributed by atoms with van der Waals surface area (Å²) in [5, 5.41) is 0. The number of carbonyl (C=O) groups excluding carboxylic acids is 1. The third-order valence-electron chi connectivity index (χ3n) is 5.24. The van der Waals surface area contributed by atoms with Crippen molar-refractivity contribution in [3.63, 3.8) is 0 Å². The van der Waals surface area contributed by atoms with Crippen LogP contribution >= 0.6 is 0 Å². The van der Waals surface area contributed by atoms with Crippen molar-refractivity contribution < 1.29 is 4.79 Å². The molecule has 2 fully saturated rings. The van der Waals surface area contributed by atoms with Gasteiger partial charge in [0.05, 0.1) is 0 Å². The monoisotopic (exact) mass is 266 g/mol. The van der Waals surface area contributed by atoms with Crippen molar-refractivity contribution in [3.8, 4) is 0 Å². The summed E-state index contributed by atoms with van der Waals surface area (Å²) in [4.78, 5) is 14.5. The predicted octanol–water partition coefficient (Wildman–Crippen LogP) is 2.93. The third kappa shape index (κ3) is 3.95. The topological polar surface area (TPSA) is 46.3 Å². The van der Waals surface area contributed by atoms with Crippen LogP contribution in [0, 0.1) is 11.8 Å². The lowest BCUT2D eigenvalue weighted by atomic mass is 9.82. The van der Waals surface area contributed by atoms with E-state index in [9.17, 15) is 4.79 Å². The van der Waals surface area contributed by atoms with Crippen LogP contribution in [0.4, 0.5) is 0 Å². The van der Waals surface area contributed by atoms with Crippen LogP contribution in [-0.4, -0.2) is 29.9 Å². The Hall–Kier alpha value is -0.570. The van der Waals surface area contributed by atoms with E-state index in [2.05, 4.69) is 6.92 Å². The van der Waals surface area contributed by atoms with Crippen LogP contribution in [0.2, 0.25) is 0 Å². The molecule has 0 heterocycles. The van der Waals surface area contributed by atoms with Gasteiger partial charge in [-0.05, 0) is 43.9 Å². The minimum absolute atomic E-state index is 0.325. The van der Waals surface area contributed by atoms with Gasteiger partial charge in [0.25, 0.3) is 0 Å². The lowest BCUT2D eigenvalue weighted by molar-refractivity contribution is -0.134. The van der Waals surface area contributed by atoms with Gasteiger partial charge in [-0.25, -0.2) is 0 Å². The molecule has 0 saturated heterocycles. The normalized spacial score (nSPS) is 35.9. The third-order valence-corrected chi connectivity index (χ3v) is 5.24. The summed E-state index contributed by atoms with van der Waals surface area (Å²) in [5.74, 6) is 1.53. The maximum absolute atomic E-state index is 12.4. The fourth-order valence-electron chi connectivity index (χ4n) is 3.97. The van der Waals surface area contributed by atoms with E-state index < -0.39 is 0 Å². The smallest absolute Gasteiger partial charge is 0.222 e. The number of carbonyl (C=O) groups is 1. The van der Waals surface area contributed by atoms with Gasteiger partial charge in [0.2, 0.25) is 5.91 Å². The van der Waals surface area contributed by atoms with Gasteiger partial charge in [-0.1, -0.05) is 26.2 Å². The Kier molecular flexibility index (Phi) is 5.26. The van der Waals surface area contributed by atoms with E-state index in [1.807, 2.05) is 11.9 Å². The molecule has 0 radical (unpaired) electrons. The first kappa shape index (κ1) is 14.8. The van der Waals surface area contributed by atoms with Gasteiger partial charge >= 0.3 is 0 Å². The van der Waals surface area contributed by atoms with Crippen LogP contribution < -0.4 is 5.73 Å². The van der Waals surface area contributed by atoms with E-state index in [1.165, 1.54) is 38.5 Å². The largest absolute Gasteiger partial charge is 0.343 e. The molecule has 0 aromatic rings. The first-order valence-electron chi connectivity index (χ1n) is 8.09. The number of nitrogens with zero attached hydrogens (tertiary/aromatic N) is 1. The molecule has 0 aromatic carbocycles. The average molecular weight is 266 g/mol. The first-order valence-corrected chi connectivity index (χ1v) is 8.09. The number of hydrogen-bond donors (Lipinski definition) is 1. The van der Waals surface area contributed by atoms with Gasteiger partial charge < -0.3 is 10.6 Å². The van der Waals surface area contributed by atoms with Crippen LogP contribution in [0.3, 0.4) is 0 Å². The van der Waals surface area contributed by atoms with E-state index in [0.29, 0.717) is 36.2 Å². The predicted molar refractivity (Wildman–Crippen MR) is 78.7 cm³/mol. The highest BCUT2D eigenvalue weighted by Gasteiger charge is 2.29. The van der Waals surface area contributed by atoms with E-state index in [4.69, 9.17) is 5.73 Å². The van der Waals surface area contributed by atoms with E-state index in [-0.39, 0.29) is 0 Å². The highest BCUT2D eigenvalue weighted by molar-refractivity contribution is 5.76. The molecule has 4 unspecified atom stereocenters. The maximum Gasteiger partial charge on any atom is 0.222 e. The van der Waals surface area contributed by atoms with Crippen LogP contribution in [0.15, 0.2) is 0 Å². The minimum atomic E-state index is 0.325. The number of rotatable bonds is 3. The summed E-state index contributed by atoms with van der Waals surface area (Å²) in [6.07, 6.45) is 10.4. The Morgan fingerprint density at radius 2 is 1.89 bits per heavy atom. The van der Waals surface area contributed by atoms with E-state index >= 15 is 0 Å². The van der Waals surface area contributed by atoms with Gasteiger partial charge in [0.1, 0.15) is 0 Å². The second-order valence-electron chi connectivity index (χ2n) is 6.83.